The van der Waals surface area contributed by atoms with E-state index in [1.165, 1.54) is 36.6 Å². The van der Waals surface area contributed by atoms with Gasteiger partial charge in [-0.05, 0) is 113 Å². The van der Waals surface area contributed by atoms with Crippen molar-refractivity contribution in [2.45, 2.75) is 122 Å². The molecule has 3 aliphatic heterocycles. The summed E-state index contributed by atoms with van der Waals surface area (Å²) in [6.07, 6.45) is 13.6. The molecule has 42 heavy (non-hydrogen) atoms. The Labute approximate surface area is 256 Å². The van der Waals surface area contributed by atoms with Crippen molar-refractivity contribution in [3.05, 3.63) is 63.3 Å². The summed E-state index contributed by atoms with van der Waals surface area (Å²) in [6, 6.07) is 5.83. The average Bonchev–Trinajstić information content (AvgIpc) is 2.88. The van der Waals surface area contributed by atoms with E-state index in [1.807, 2.05) is 11.1 Å². The van der Waals surface area contributed by atoms with Gasteiger partial charge in [-0.15, -0.1) is 0 Å². The van der Waals surface area contributed by atoms with Crippen molar-refractivity contribution in [2.24, 2.45) is 28.7 Å². The minimum Gasteiger partial charge on any atom is -0.378 e. The average molecular weight is 582 g/mol. The number of benzene rings is 1. The standard InChI is InChI=1S/C38H55N3Si/c1-11-16-41(8)36-25-15-13-12-14-24(25)33-27-17-26-22(2)20-37(4,5)39-28(26)18-30(27)42(9,10)31-19-29-32(35(36)34(31)33)23(3)21-38(6,7)40-29/h12-13,17-18,21-22,24-25,29,31-32,34,40H,11,14-16,19-20H2,1-10H3. The lowest BCUT2D eigenvalue weighted by atomic mass is 9.56. The molecule has 1 fully saturated rings. The highest BCUT2D eigenvalue weighted by atomic mass is 28.3. The van der Waals surface area contributed by atoms with Crippen molar-refractivity contribution in [2.75, 3.05) is 13.6 Å². The molecule has 0 bridgehead atoms. The zero-order valence-corrected chi connectivity index (χ0v) is 29.1. The van der Waals surface area contributed by atoms with E-state index in [1.54, 1.807) is 21.7 Å². The van der Waals surface area contributed by atoms with E-state index in [-0.39, 0.29) is 11.1 Å². The van der Waals surface area contributed by atoms with Gasteiger partial charge in [-0.1, -0.05) is 61.5 Å². The molecule has 0 spiro atoms. The Morgan fingerprint density at radius 2 is 1.74 bits per heavy atom. The summed E-state index contributed by atoms with van der Waals surface area (Å²) in [5.41, 5.74) is 9.28. The van der Waals surface area contributed by atoms with Gasteiger partial charge in [0.25, 0.3) is 0 Å². The van der Waals surface area contributed by atoms with Crippen LogP contribution in [0.5, 0.6) is 0 Å². The smallest absolute Gasteiger partial charge is 0.0855 e. The van der Waals surface area contributed by atoms with Crippen molar-refractivity contribution in [3.63, 3.8) is 0 Å². The number of allylic oxidation sites excluding steroid dienone is 3. The molecule has 7 atom stereocenters. The molecule has 6 aliphatic rings. The van der Waals surface area contributed by atoms with Crippen LogP contribution in [0.1, 0.15) is 92.1 Å². The third kappa shape index (κ3) is 4.17. The third-order valence-corrected chi connectivity index (χ3v) is 16.5. The van der Waals surface area contributed by atoms with Gasteiger partial charge in [0.2, 0.25) is 0 Å². The lowest BCUT2D eigenvalue weighted by Gasteiger charge is -2.60. The van der Waals surface area contributed by atoms with Crippen LogP contribution in [0, 0.1) is 23.7 Å². The normalized spacial score (nSPS) is 36.5. The molecular formula is C38H55N3Si. The molecule has 7 unspecified atom stereocenters. The molecule has 1 N–H and O–H groups in total. The zero-order valence-electron chi connectivity index (χ0n) is 28.1. The molecule has 226 valence electrons. The van der Waals surface area contributed by atoms with Gasteiger partial charge in [0, 0.05) is 48.6 Å². The van der Waals surface area contributed by atoms with Crippen molar-refractivity contribution in [1.82, 2.24) is 10.2 Å². The van der Waals surface area contributed by atoms with Gasteiger partial charge in [-0.2, -0.15) is 0 Å². The second-order valence-electron chi connectivity index (χ2n) is 16.7. The van der Waals surface area contributed by atoms with Gasteiger partial charge in [0.1, 0.15) is 0 Å². The second kappa shape index (κ2) is 9.54. The Kier molecular flexibility index (Phi) is 6.55. The number of nitrogens with zero attached hydrogens (tertiary/aromatic N) is 2. The molecule has 3 heterocycles. The highest BCUT2D eigenvalue weighted by Crippen LogP contribution is 2.62. The van der Waals surface area contributed by atoms with Crippen LogP contribution in [0.2, 0.25) is 18.6 Å². The number of fused-ring (bicyclic) bond motifs is 6. The van der Waals surface area contributed by atoms with E-state index in [9.17, 15) is 0 Å². The Hall–Kier alpha value is -1.91. The predicted octanol–water partition coefficient (Wildman–Crippen LogP) is 6.57. The van der Waals surface area contributed by atoms with Gasteiger partial charge < -0.3 is 10.2 Å². The summed E-state index contributed by atoms with van der Waals surface area (Å²) in [6.45, 7) is 23.3. The maximum Gasteiger partial charge on any atom is 0.0855 e. The summed E-state index contributed by atoms with van der Waals surface area (Å²) < 4.78 is 0. The van der Waals surface area contributed by atoms with Crippen LogP contribution in [0.3, 0.4) is 0 Å². The van der Waals surface area contributed by atoms with Gasteiger partial charge in [0.15, 0.2) is 0 Å². The van der Waals surface area contributed by atoms with Crippen LogP contribution in [0.4, 0.5) is 0 Å². The van der Waals surface area contributed by atoms with E-state index in [0.29, 0.717) is 35.6 Å². The minimum atomic E-state index is -1.86. The maximum atomic E-state index is 5.38. The fourth-order valence-corrected chi connectivity index (χ4v) is 14.9. The topological polar surface area (TPSA) is 27.6 Å². The van der Waals surface area contributed by atoms with E-state index in [4.69, 9.17) is 4.99 Å². The Morgan fingerprint density at radius 3 is 2.45 bits per heavy atom. The Morgan fingerprint density at radius 1 is 1.02 bits per heavy atom. The number of nitrogens with one attached hydrogen (secondary N) is 1. The van der Waals surface area contributed by atoms with Crippen LogP contribution < -0.4 is 21.1 Å². The first kappa shape index (κ1) is 28.8. The summed E-state index contributed by atoms with van der Waals surface area (Å²) in [4.78, 5) is 8.10. The number of hydrogen-bond acceptors (Lipinski definition) is 3. The van der Waals surface area contributed by atoms with E-state index < -0.39 is 8.07 Å². The van der Waals surface area contributed by atoms with Crippen molar-refractivity contribution in [1.29, 1.82) is 0 Å². The predicted molar refractivity (Wildman–Crippen MR) is 180 cm³/mol. The highest BCUT2D eigenvalue weighted by Gasteiger charge is 2.58. The molecule has 0 saturated heterocycles. The summed E-state index contributed by atoms with van der Waals surface area (Å²) in [5.74, 6) is 2.85. The Bertz CT molecular complexity index is 1540. The lowest BCUT2D eigenvalue weighted by Crippen LogP contribution is -2.67. The van der Waals surface area contributed by atoms with Crippen LogP contribution in [-0.2, 0) is 0 Å². The third-order valence-electron chi connectivity index (χ3n) is 12.3. The second-order valence-corrected chi connectivity index (χ2v) is 21.5. The van der Waals surface area contributed by atoms with Crippen LogP contribution in [-0.4, -0.2) is 43.7 Å². The molecular weight excluding hydrogens is 527 g/mol. The zero-order chi connectivity index (χ0) is 29.9. The van der Waals surface area contributed by atoms with Gasteiger partial charge in [-0.3, -0.25) is 4.99 Å². The quantitative estimate of drug-likeness (QED) is 0.323. The minimum absolute atomic E-state index is 0.0228. The summed E-state index contributed by atoms with van der Waals surface area (Å²) in [7, 11) is 0.559. The number of rotatable bonds is 3. The number of hydrogen-bond donors (Lipinski definition) is 1. The first-order valence-corrected chi connectivity index (χ1v) is 20.2. The molecule has 4 heteroatoms. The maximum absolute atomic E-state index is 5.38. The summed E-state index contributed by atoms with van der Waals surface area (Å²) >= 11 is 0. The monoisotopic (exact) mass is 581 g/mol. The van der Waals surface area contributed by atoms with Crippen LogP contribution >= 0.6 is 0 Å². The molecule has 7 rings (SSSR count). The van der Waals surface area contributed by atoms with Gasteiger partial charge >= 0.3 is 0 Å². The molecule has 3 nitrogen and oxygen atoms in total. The molecule has 0 aromatic heterocycles. The lowest BCUT2D eigenvalue weighted by molar-refractivity contribution is 0.215. The Balaban J connectivity index is 1.59. The first-order valence-electron chi connectivity index (χ1n) is 17.1. The van der Waals surface area contributed by atoms with Crippen molar-refractivity contribution < 1.29 is 0 Å². The van der Waals surface area contributed by atoms with E-state index in [2.05, 4.69) is 109 Å². The molecule has 0 radical (unpaired) electrons. The van der Waals surface area contributed by atoms with E-state index in [0.717, 1.165) is 18.5 Å². The largest absolute Gasteiger partial charge is 0.378 e. The fraction of sp³-hybridized carbons (Fsp3) is 0.658. The molecule has 1 saturated carbocycles. The van der Waals surface area contributed by atoms with Crippen LogP contribution in [0.25, 0.3) is 5.57 Å². The molecule has 0 amide bonds. The fourth-order valence-electron chi connectivity index (χ4n) is 11.0. The van der Waals surface area contributed by atoms with Crippen molar-refractivity contribution >= 4 is 18.8 Å². The molecule has 1 aromatic carbocycles. The molecule has 3 aliphatic carbocycles. The van der Waals surface area contributed by atoms with E-state index >= 15 is 0 Å². The molecule has 1 aromatic rings. The van der Waals surface area contributed by atoms with Crippen molar-refractivity contribution in [3.8, 4) is 0 Å². The highest BCUT2D eigenvalue weighted by molar-refractivity contribution is 6.91. The van der Waals surface area contributed by atoms with Gasteiger partial charge in [-0.25, -0.2) is 0 Å². The van der Waals surface area contributed by atoms with Gasteiger partial charge in [0.05, 0.1) is 19.0 Å². The summed E-state index contributed by atoms with van der Waals surface area (Å²) in [5, 5.41) is 8.88. The first-order chi connectivity index (χ1) is 19.7. The van der Waals surface area contributed by atoms with Crippen LogP contribution in [0.15, 0.2) is 52.2 Å². The SMILES string of the molecule is CCCN(C)C1=C2C3C(C)=CC(C)(C)NC3CC3C2C(=c2cc4c(cc2[Si]3(C)C)=NC(C)(C)CC4C)C2CC=CCC12.